The number of anilines is 1. The van der Waals surface area contributed by atoms with E-state index in [2.05, 4.69) is 27.9 Å². The molecule has 2 aromatic carbocycles. The summed E-state index contributed by atoms with van der Waals surface area (Å²) in [6, 6.07) is 13.2. The van der Waals surface area contributed by atoms with E-state index in [0.29, 0.717) is 18.0 Å². The number of nitrogens with one attached hydrogen (secondary N) is 1. The van der Waals surface area contributed by atoms with Crippen LogP contribution in [0.25, 0.3) is 0 Å². The van der Waals surface area contributed by atoms with E-state index in [0.717, 1.165) is 19.7 Å². The van der Waals surface area contributed by atoms with Crippen LogP contribution in [-0.4, -0.2) is 57.6 Å². The van der Waals surface area contributed by atoms with Crippen LogP contribution in [0.15, 0.2) is 48.5 Å². The zero-order valence-corrected chi connectivity index (χ0v) is 23.1. The first-order valence-electron chi connectivity index (χ1n) is 10.9. The van der Waals surface area contributed by atoms with Gasteiger partial charge in [0.25, 0.3) is 0 Å². The lowest BCUT2D eigenvalue weighted by molar-refractivity contribution is -0.139. The topological polar surface area (TPSA) is 96.0 Å². The van der Waals surface area contributed by atoms with E-state index in [4.69, 9.17) is 4.74 Å². The van der Waals surface area contributed by atoms with E-state index < -0.39 is 28.5 Å². The molecule has 1 N–H and O–H groups in total. The first-order valence-corrected chi connectivity index (χ1v) is 13.8. The number of halogens is 1. The smallest absolute Gasteiger partial charge is 0.244 e. The fourth-order valence-corrected chi connectivity index (χ4v) is 4.43. The third-order valence-electron chi connectivity index (χ3n) is 5.13. The highest BCUT2D eigenvalue weighted by atomic mass is 127. The molecule has 0 aromatic heterocycles. The lowest BCUT2D eigenvalue weighted by Gasteiger charge is -2.31. The SMILES string of the molecule is COc1cccc(CN(C(=O)CN(c2ccc(I)cc2)S(C)(=O)=O)[C@@H](C)C(=O)NCC(C)C)c1. The molecule has 34 heavy (non-hydrogen) atoms. The van der Waals surface area contributed by atoms with Gasteiger partial charge in [-0.05, 0) is 77.4 Å². The Labute approximate surface area is 215 Å². The van der Waals surface area contributed by atoms with Gasteiger partial charge >= 0.3 is 0 Å². The van der Waals surface area contributed by atoms with Crippen molar-refractivity contribution in [2.24, 2.45) is 5.92 Å². The molecule has 2 amide bonds. The number of carbonyl (C=O) groups is 2. The fraction of sp³-hybridized carbons (Fsp3) is 0.417. The Bertz CT molecular complexity index is 1090. The van der Waals surface area contributed by atoms with Crippen LogP contribution >= 0.6 is 22.6 Å². The van der Waals surface area contributed by atoms with Gasteiger partial charge in [0.15, 0.2) is 0 Å². The van der Waals surface area contributed by atoms with Crippen molar-refractivity contribution in [2.75, 3.05) is 30.8 Å². The first-order chi connectivity index (χ1) is 15.9. The average molecular weight is 602 g/mol. The Kier molecular flexibility index (Phi) is 10.2. The van der Waals surface area contributed by atoms with E-state index in [9.17, 15) is 18.0 Å². The largest absolute Gasteiger partial charge is 0.497 e. The molecule has 0 aliphatic carbocycles. The minimum Gasteiger partial charge on any atom is -0.497 e. The van der Waals surface area contributed by atoms with E-state index in [1.165, 1.54) is 4.90 Å². The van der Waals surface area contributed by atoms with Gasteiger partial charge in [-0.2, -0.15) is 0 Å². The van der Waals surface area contributed by atoms with Crippen molar-refractivity contribution in [1.82, 2.24) is 10.2 Å². The molecule has 0 saturated heterocycles. The highest BCUT2D eigenvalue weighted by molar-refractivity contribution is 14.1. The van der Waals surface area contributed by atoms with Gasteiger partial charge in [0.2, 0.25) is 21.8 Å². The number of hydrogen-bond acceptors (Lipinski definition) is 5. The second-order valence-corrected chi connectivity index (χ2v) is 11.6. The Morgan fingerprint density at radius 2 is 1.74 bits per heavy atom. The summed E-state index contributed by atoms with van der Waals surface area (Å²) in [5.74, 6) is 0.0860. The van der Waals surface area contributed by atoms with E-state index in [1.807, 2.05) is 19.9 Å². The van der Waals surface area contributed by atoms with Crippen LogP contribution in [0.2, 0.25) is 0 Å². The van der Waals surface area contributed by atoms with Crippen LogP contribution in [0, 0.1) is 9.49 Å². The molecule has 0 saturated carbocycles. The Balaban J connectivity index is 2.37. The highest BCUT2D eigenvalue weighted by Crippen LogP contribution is 2.21. The van der Waals surface area contributed by atoms with Gasteiger partial charge < -0.3 is 15.0 Å². The number of benzene rings is 2. The lowest BCUT2D eigenvalue weighted by atomic mass is 10.1. The summed E-state index contributed by atoms with van der Waals surface area (Å²) >= 11 is 2.13. The second kappa shape index (κ2) is 12.4. The van der Waals surface area contributed by atoms with E-state index in [1.54, 1.807) is 56.5 Å². The molecule has 10 heteroatoms. The molecule has 8 nitrogen and oxygen atoms in total. The van der Waals surface area contributed by atoms with Crippen molar-refractivity contribution in [1.29, 1.82) is 0 Å². The summed E-state index contributed by atoms with van der Waals surface area (Å²) in [6.07, 6.45) is 1.06. The molecular weight excluding hydrogens is 569 g/mol. The molecule has 2 rings (SSSR count). The van der Waals surface area contributed by atoms with E-state index >= 15 is 0 Å². The van der Waals surface area contributed by atoms with Crippen molar-refractivity contribution < 1.29 is 22.7 Å². The molecule has 0 unspecified atom stereocenters. The molecular formula is C24H32IN3O5S. The fourth-order valence-electron chi connectivity index (χ4n) is 3.22. The number of rotatable bonds is 11. The van der Waals surface area contributed by atoms with Crippen molar-refractivity contribution in [3.63, 3.8) is 0 Å². The minimum atomic E-state index is -3.75. The molecule has 0 heterocycles. The van der Waals surface area contributed by atoms with Crippen molar-refractivity contribution in [2.45, 2.75) is 33.4 Å². The van der Waals surface area contributed by atoms with Gasteiger partial charge in [-0.25, -0.2) is 8.42 Å². The quantitative estimate of drug-likeness (QED) is 0.399. The molecule has 0 fully saturated rings. The third-order valence-corrected chi connectivity index (χ3v) is 6.99. The van der Waals surface area contributed by atoms with Gasteiger partial charge in [-0.15, -0.1) is 0 Å². The number of carbonyl (C=O) groups excluding carboxylic acids is 2. The number of amides is 2. The van der Waals surface area contributed by atoms with Crippen LogP contribution in [0.1, 0.15) is 26.3 Å². The molecule has 2 aromatic rings. The maximum atomic E-state index is 13.5. The molecule has 1 atom stereocenters. The van der Waals surface area contributed by atoms with Crippen LogP contribution < -0.4 is 14.4 Å². The molecule has 0 radical (unpaired) electrons. The average Bonchev–Trinajstić information content (AvgIpc) is 2.78. The Hall–Kier alpha value is -2.34. The molecule has 0 aliphatic rings. The normalized spacial score (nSPS) is 12.2. The summed E-state index contributed by atoms with van der Waals surface area (Å²) in [6.45, 7) is 5.78. The number of hydrogen-bond donors (Lipinski definition) is 1. The Morgan fingerprint density at radius 3 is 2.29 bits per heavy atom. The molecule has 0 spiro atoms. The van der Waals surface area contributed by atoms with Crippen LogP contribution in [-0.2, 0) is 26.2 Å². The molecule has 186 valence electrons. The summed E-state index contributed by atoms with van der Waals surface area (Å²) in [7, 11) is -2.20. The minimum absolute atomic E-state index is 0.122. The molecule has 0 bridgehead atoms. The van der Waals surface area contributed by atoms with Gasteiger partial charge in [-0.1, -0.05) is 26.0 Å². The highest BCUT2D eigenvalue weighted by Gasteiger charge is 2.30. The van der Waals surface area contributed by atoms with E-state index in [-0.39, 0.29) is 18.4 Å². The predicted molar refractivity (Wildman–Crippen MR) is 142 cm³/mol. The van der Waals surface area contributed by atoms with Crippen LogP contribution in [0.3, 0.4) is 0 Å². The Morgan fingerprint density at radius 1 is 1.09 bits per heavy atom. The molecule has 0 aliphatic heterocycles. The van der Waals surface area contributed by atoms with Gasteiger partial charge in [0, 0.05) is 16.7 Å². The summed E-state index contributed by atoms with van der Waals surface area (Å²) in [5, 5.41) is 2.86. The van der Waals surface area contributed by atoms with Gasteiger partial charge in [0.1, 0.15) is 18.3 Å². The zero-order chi connectivity index (χ0) is 25.5. The number of methoxy groups -OCH3 is 1. The van der Waals surface area contributed by atoms with Crippen LogP contribution in [0.4, 0.5) is 5.69 Å². The predicted octanol–water partition coefficient (Wildman–Crippen LogP) is 3.26. The second-order valence-electron chi connectivity index (χ2n) is 8.43. The maximum Gasteiger partial charge on any atom is 0.244 e. The summed E-state index contributed by atoms with van der Waals surface area (Å²) in [4.78, 5) is 27.7. The number of nitrogens with zero attached hydrogens (tertiary/aromatic N) is 2. The first kappa shape index (κ1) is 27.9. The monoisotopic (exact) mass is 601 g/mol. The van der Waals surface area contributed by atoms with Crippen molar-refractivity contribution in [3.8, 4) is 5.75 Å². The maximum absolute atomic E-state index is 13.5. The van der Waals surface area contributed by atoms with Crippen molar-refractivity contribution >= 4 is 50.1 Å². The number of sulfonamides is 1. The summed E-state index contributed by atoms with van der Waals surface area (Å²) in [5.41, 5.74) is 1.14. The number of ether oxygens (including phenoxy) is 1. The van der Waals surface area contributed by atoms with Gasteiger partial charge in [-0.3, -0.25) is 13.9 Å². The summed E-state index contributed by atoms with van der Waals surface area (Å²) < 4.78 is 32.4. The lowest BCUT2D eigenvalue weighted by Crippen LogP contribution is -2.51. The standard InChI is InChI=1S/C24H32IN3O5S/c1-17(2)14-26-24(30)18(3)27(15-19-7-6-8-22(13-19)33-4)23(29)16-28(34(5,31)32)21-11-9-20(25)10-12-21/h6-13,17-18H,14-16H2,1-5H3,(H,26,30)/t18-/m0/s1. The van der Waals surface area contributed by atoms with Gasteiger partial charge in [0.05, 0.1) is 19.1 Å². The third kappa shape index (κ3) is 8.15. The van der Waals surface area contributed by atoms with Crippen molar-refractivity contribution in [3.05, 3.63) is 57.7 Å². The zero-order valence-electron chi connectivity index (χ0n) is 20.1. The van der Waals surface area contributed by atoms with Crippen LogP contribution in [0.5, 0.6) is 5.75 Å².